The molecule has 19 heavy (non-hydrogen) atoms. The predicted octanol–water partition coefficient (Wildman–Crippen LogP) is 5.47. The molecule has 0 amide bonds. The van der Waals surface area contributed by atoms with E-state index in [2.05, 4.69) is 43.3 Å². The molecule has 2 aromatic rings. The van der Waals surface area contributed by atoms with Gasteiger partial charge in [-0.25, -0.2) is 0 Å². The van der Waals surface area contributed by atoms with E-state index in [1.54, 1.807) is 0 Å². The summed E-state index contributed by atoms with van der Waals surface area (Å²) < 4.78 is 0. The minimum atomic E-state index is 0.339. The normalized spacial score (nSPS) is 12.4. The molecule has 0 bridgehead atoms. The molecule has 1 atom stereocenters. The van der Waals surface area contributed by atoms with Crippen LogP contribution < -0.4 is 0 Å². The van der Waals surface area contributed by atoms with Crippen LogP contribution in [0.25, 0.3) is 0 Å². The van der Waals surface area contributed by atoms with Gasteiger partial charge in [-0.05, 0) is 41.7 Å². The zero-order valence-electron chi connectivity index (χ0n) is 11.1. The number of benzene rings is 2. The van der Waals surface area contributed by atoms with E-state index in [0.717, 1.165) is 17.9 Å². The molecule has 0 saturated heterocycles. The van der Waals surface area contributed by atoms with Crippen molar-refractivity contribution in [2.75, 3.05) is 5.88 Å². The minimum Gasteiger partial charge on any atom is -0.126 e. The molecule has 0 radical (unpaired) electrons. The van der Waals surface area contributed by atoms with Crippen molar-refractivity contribution in [1.29, 1.82) is 0 Å². The van der Waals surface area contributed by atoms with E-state index in [9.17, 15) is 0 Å². The summed E-state index contributed by atoms with van der Waals surface area (Å²) in [6, 6.07) is 16.8. The molecule has 0 N–H and O–H groups in total. The van der Waals surface area contributed by atoms with Crippen LogP contribution in [0.4, 0.5) is 0 Å². The van der Waals surface area contributed by atoms with Crippen LogP contribution in [0, 0.1) is 0 Å². The number of alkyl halides is 1. The van der Waals surface area contributed by atoms with Crippen LogP contribution in [0.5, 0.6) is 0 Å². The summed E-state index contributed by atoms with van der Waals surface area (Å²) in [6.45, 7) is 2.17. The molecular weight excluding hydrogens is 275 g/mol. The van der Waals surface area contributed by atoms with Gasteiger partial charge in [-0.15, -0.1) is 11.6 Å². The summed E-state index contributed by atoms with van der Waals surface area (Å²) in [5.74, 6) is 0.961. The molecule has 2 aromatic carbocycles. The molecule has 0 aliphatic carbocycles. The molecule has 0 spiro atoms. The summed E-state index contributed by atoms with van der Waals surface area (Å²) in [5.41, 5.74) is 3.95. The van der Waals surface area contributed by atoms with E-state index in [0.29, 0.717) is 11.8 Å². The fourth-order valence-corrected chi connectivity index (χ4v) is 2.61. The third kappa shape index (κ3) is 3.99. The number of hydrogen-bond acceptors (Lipinski definition) is 0. The van der Waals surface area contributed by atoms with Crippen molar-refractivity contribution in [3.63, 3.8) is 0 Å². The third-order valence-corrected chi connectivity index (χ3v) is 4.07. The Balaban J connectivity index is 2.11. The summed E-state index contributed by atoms with van der Waals surface area (Å²) in [7, 11) is 0. The third-order valence-electron chi connectivity index (χ3n) is 3.44. The van der Waals surface area contributed by atoms with Gasteiger partial charge < -0.3 is 0 Å². The number of rotatable bonds is 5. The van der Waals surface area contributed by atoms with Gasteiger partial charge >= 0.3 is 0 Å². The van der Waals surface area contributed by atoms with Gasteiger partial charge in [0.15, 0.2) is 0 Å². The highest BCUT2D eigenvalue weighted by molar-refractivity contribution is 6.30. The Morgan fingerprint density at radius 3 is 2.00 bits per heavy atom. The van der Waals surface area contributed by atoms with Crippen LogP contribution in [0.2, 0.25) is 5.02 Å². The van der Waals surface area contributed by atoms with Crippen LogP contribution in [-0.4, -0.2) is 5.88 Å². The van der Waals surface area contributed by atoms with Crippen molar-refractivity contribution >= 4 is 23.2 Å². The van der Waals surface area contributed by atoms with Gasteiger partial charge in [0.2, 0.25) is 0 Å². The van der Waals surface area contributed by atoms with Gasteiger partial charge in [0, 0.05) is 16.8 Å². The maximum atomic E-state index is 6.12. The molecule has 0 aromatic heterocycles. The Labute approximate surface area is 125 Å². The molecule has 100 valence electrons. The molecule has 2 heteroatoms. The van der Waals surface area contributed by atoms with Crippen LogP contribution in [-0.2, 0) is 12.8 Å². The lowest BCUT2D eigenvalue weighted by molar-refractivity contribution is 0.766. The van der Waals surface area contributed by atoms with Crippen molar-refractivity contribution in [2.24, 2.45) is 0 Å². The fraction of sp³-hybridized carbons (Fsp3) is 0.294. The lowest BCUT2D eigenvalue weighted by atomic mass is 9.93. The Bertz CT molecular complexity index is 500. The highest BCUT2D eigenvalue weighted by Crippen LogP contribution is 2.24. The maximum absolute atomic E-state index is 6.12. The summed E-state index contributed by atoms with van der Waals surface area (Å²) >= 11 is 12.0. The first-order valence-corrected chi connectivity index (χ1v) is 7.53. The molecule has 0 heterocycles. The average Bonchev–Trinajstić information content (AvgIpc) is 2.46. The van der Waals surface area contributed by atoms with Gasteiger partial charge in [-0.1, -0.05) is 54.9 Å². The molecule has 0 aliphatic heterocycles. The van der Waals surface area contributed by atoms with Crippen molar-refractivity contribution in [1.82, 2.24) is 0 Å². The van der Waals surface area contributed by atoms with Crippen LogP contribution in [0.3, 0.4) is 0 Å². The van der Waals surface area contributed by atoms with E-state index < -0.39 is 0 Å². The summed E-state index contributed by atoms with van der Waals surface area (Å²) in [5, 5.41) is 0.768. The molecular formula is C17H18Cl2. The van der Waals surface area contributed by atoms with Crippen LogP contribution in [0.15, 0.2) is 48.5 Å². The van der Waals surface area contributed by atoms with Gasteiger partial charge in [0.25, 0.3) is 0 Å². The first-order valence-electron chi connectivity index (χ1n) is 6.62. The van der Waals surface area contributed by atoms with E-state index >= 15 is 0 Å². The second kappa shape index (κ2) is 6.98. The molecule has 0 aliphatic rings. The second-order valence-electron chi connectivity index (χ2n) is 4.78. The highest BCUT2D eigenvalue weighted by Gasteiger charge is 2.11. The van der Waals surface area contributed by atoms with Crippen molar-refractivity contribution in [3.8, 4) is 0 Å². The number of aryl methyl sites for hydroxylation is 1. The summed E-state index contributed by atoms with van der Waals surface area (Å²) in [4.78, 5) is 0. The molecule has 2 rings (SSSR count). The second-order valence-corrected chi connectivity index (χ2v) is 5.52. The first kappa shape index (κ1) is 14.4. The van der Waals surface area contributed by atoms with E-state index in [4.69, 9.17) is 23.2 Å². The lowest BCUT2D eigenvalue weighted by Gasteiger charge is -2.15. The van der Waals surface area contributed by atoms with Gasteiger partial charge in [-0.3, -0.25) is 0 Å². The van der Waals surface area contributed by atoms with E-state index in [-0.39, 0.29) is 0 Å². The Kier molecular flexibility index (Phi) is 5.30. The summed E-state index contributed by atoms with van der Waals surface area (Å²) in [6.07, 6.45) is 2.05. The molecule has 0 fully saturated rings. The van der Waals surface area contributed by atoms with Gasteiger partial charge in [-0.2, -0.15) is 0 Å². The molecule has 0 nitrogen and oxygen atoms in total. The minimum absolute atomic E-state index is 0.339. The predicted molar refractivity (Wildman–Crippen MR) is 84.4 cm³/mol. The van der Waals surface area contributed by atoms with Crippen molar-refractivity contribution < 1.29 is 0 Å². The quantitative estimate of drug-likeness (QED) is 0.641. The first-order chi connectivity index (χ1) is 9.22. The maximum Gasteiger partial charge on any atom is 0.0406 e. The Hall–Kier alpha value is -0.980. The Morgan fingerprint density at radius 1 is 0.895 bits per heavy atom. The largest absolute Gasteiger partial charge is 0.126 e. The monoisotopic (exact) mass is 292 g/mol. The zero-order chi connectivity index (χ0) is 13.7. The fourth-order valence-electron chi connectivity index (χ4n) is 2.19. The number of halogens is 2. The Morgan fingerprint density at radius 2 is 1.47 bits per heavy atom. The van der Waals surface area contributed by atoms with Crippen LogP contribution in [0.1, 0.15) is 29.5 Å². The molecule has 0 saturated carbocycles. The van der Waals surface area contributed by atoms with Crippen LogP contribution >= 0.6 is 23.2 Å². The van der Waals surface area contributed by atoms with Gasteiger partial charge in [0.1, 0.15) is 0 Å². The standard InChI is InChI=1S/C17H18Cl2/c1-2-13-3-5-14(6-4-13)11-16(12-18)15-7-9-17(19)10-8-15/h3-10,16H,2,11-12H2,1H3. The zero-order valence-corrected chi connectivity index (χ0v) is 12.6. The van der Waals surface area contributed by atoms with E-state index in [1.807, 2.05) is 12.1 Å². The van der Waals surface area contributed by atoms with Crippen molar-refractivity contribution in [3.05, 3.63) is 70.2 Å². The van der Waals surface area contributed by atoms with Gasteiger partial charge in [0.05, 0.1) is 0 Å². The van der Waals surface area contributed by atoms with Crippen molar-refractivity contribution in [2.45, 2.75) is 25.7 Å². The SMILES string of the molecule is CCc1ccc(CC(CCl)c2ccc(Cl)cc2)cc1. The molecule has 1 unspecified atom stereocenters. The smallest absolute Gasteiger partial charge is 0.0406 e. The van der Waals surface area contributed by atoms with E-state index in [1.165, 1.54) is 16.7 Å². The average molecular weight is 293 g/mol. The number of hydrogen-bond donors (Lipinski definition) is 0. The lowest BCUT2D eigenvalue weighted by Crippen LogP contribution is -2.04. The highest BCUT2D eigenvalue weighted by atomic mass is 35.5. The topological polar surface area (TPSA) is 0 Å².